The summed E-state index contributed by atoms with van der Waals surface area (Å²) in [7, 11) is 7.60. The smallest absolute Gasteiger partial charge is 0.326 e. The summed E-state index contributed by atoms with van der Waals surface area (Å²) >= 11 is 0. The number of rotatable bonds is 24. The van der Waals surface area contributed by atoms with E-state index in [9.17, 15) is 49.6 Å². The van der Waals surface area contributed by atoms with Gasteiger partial charge in [0.05, 0.1) is 0 Å². The molecule has 24 heteroatoms. The minimum atomic E-state index is -1.11. The molecule has 0 aromatic carbocycles. The molecule has 4 atom stereocenters. The van der Waals surface area contributed by atoms with Gasteiger partial charge in [-0.15, -0.1) is 0 Å². The van der Waals surface area contributed by atoms with Gasteiger partial charge in [0.25, 0.3) is 11.9 Å². The maximum Gasteiger partial charge on any atom is 0.326 e. The first-order valence-electron chi connectivity index (χ1n) is 16.8. The van der Waals surface area contributed by atoms with E-state index >= 15 is 0 Å². The highest BCUT2D eigenvalue weighted by Gasteiger charge is 2.21. The van der Waals surface area contributed by atoms with Crippen molar-refractivity contribution < 1.29 is 39.5 Å². The number of nitrogens with one attached hydrogen (secondary N) is 4. The van der Waals surface area contributed by atoms with Crippen molar-refractivity contribution >= 4 is 78.8 Å². The van der Waals surface area contributed by atoms with E-state index in [0.717, 1.165) is 38.5 Å². The summed E-state index contributed by atoms with van der Waals surface area (Å²) in [6, 6.07) is -1.99. The SMILES string of the molecule is NC(=NCCCC(NC(=O)CCCCC1CCSS1)C(=O)O)N[N+](=O)[O-].NC(=NCCC[C@H](NC(=O)CCCCC1CCSS1)C(=O)O)N[N+](=O)[O-]. The molecule has 0 saturated carbocycles. The van der Waals surface area contributed by atoms with Gasteiger partial charge in [0, 0.05) is 47.9 Å². The third-order valence-corrected chi connectivity index (χ3v) is 13.4. The largest absolute Gasteiger partial charge is 0.480 e. The van der Waals surface area contributed by atoms with Crippen molar-refractivity contribution in [1.82, 2.24) is 21.5 Å². The van der Waals surface area contributed by atoms with Gasteiger partial charge in [-0.25, -0.2) is 39.8 Å². The van der Waals surface area contributed by atoms with Crippen LogP contribution in [0, 0.1) is 20.2 Å². The van der Waals surface area contributed by atoms with E-state index in [1.165, 1.54) is 24.3 Å². The lowest BCUT2D eigenvalue weighted by Crippen LogP contribution is -2.40. The van der Waals surface area contributed by atoms with Crippen molar-refractivity contribution in [1.29, 1.82) is 0 Å². The Bertz CT molecular complexity index is 1120. The van der Waals surface area contributed by atoms with E-state index in [1.807, 2.05) is 43.2 Å². The van der Waals surface area contributed by atoms with Crippen molar-refractivity contribution in [3.63, 3.8) is 0 Å². The van der Waals surface area contributed by atoms with Crippen molar-refractivity contribution in [2.24, 2.45) is 21.5 Å². The lowest BCUT2D eigenvalue weighted by molar-refractivity contribution is -0.525. The first-order chi connectivity index (χ1) is 24.8. The number of hydrazine groups is 2. The Morgan fingerprint density at radius 1 is 0.692 bits per heavy atom. The molecule has 52 heavy (non-hydrogen) atoms. The standard InChI is InChI=1S/2C14H25N5O5S2/c2*15-14(18-19(23)24)16-8-3-5-11(13(21)22)17-12(20)6-2-1-4-10-7-9-25-26-10/h2*10-11H,1-9H2,(H,17,20)(H,21,22)(H3,15,16,18)/t10?,11-;/m0./s1. The molecule has 2 rings (SSSR count). The molecule has 0 radical (unpaired) electrons. The van der Waals surface area contributed by atoms with Crippen LogP contribution in [0.2, 0.25) is 0 Å². The highest BCUT2D eigenvalue weighted by Crippen LogP contribution is 2.40. The summed E-state index contributed by atoms with van der Waals surface area (Å²) in [4.78, 5) is 74.0. The van der Waals surface area contributed by atoms with Gasteiger partial charge in [-0.3, -0.25) is 9.59 Å². The molecule has 10 N–H and O–H groups in total. The molecule has 2 fully saturated rings. The van der Waals surface area contributed by atoms with Gasteiger partial charge in [-0.1, -0.05) is 66.9 Å². The molecule has 3 unspecified atom stereocenters. The number of carboxylic acids is 2. The Balaban J connectivity index is 0.000000520. The number of nitro groups is 2. The number of aliphatic imine (C=N–C) groups is 2. The first kappa shape index (κ1) is 46.6. The van der Waals surface area contributed by atoms with Crippen LogP contribution in [-0.2, 0) is 19.2 Å². The number of nitrogens with zero attached hydrogens (tertiary/aromatic N) is 4. The topological polar surface area (TPSA) is 320 Å². The fourth-order valence-electron chi connectivity index (χ4n) is 4.74. The highest BCUT2D eigenvalue weighted by atomic mass is 33.1. The molecule has 0 aromatic heterocycles. The molecule has 2 aliphatic heterocycles. The molecule has 0 aliphatic carbocycles. The Kier molecular flexibility index (Phi) is 25.3. The number of hydrogen-bond donors (Lipinski definition) is 8. The maximum atomic E-state index is 11.9. The quantitative estimate of drug-likeness (QED) is 0.0173. The summed E-state index contributed by atoms with van der Waals surface area (Å²) in [5, 5.41) is 43.4. The molecule has 2 amide bonds. The van der Waals surface area contributed by atoms with E-state index in [2.05, 4.69) is 20.6 Å². The van der Waals surface area contributed by atoms with Crippen LogP contribution in [0.15, 0.2) is 9.98 Å². The summed E-state index contributed by atoms with van der Waals surface area (Å²) in [6.45, 7) is 0.257. The zero-order chi connectivity index (χ0) is 38.7. The number of hydrogen-bond acceptors (Lipinski definition) is 14. The second-order valence-electron chi connectivity index (χ2n) is 11.6. The molecular formula is C28H50N10O10S4. The zero-order valence-electron chi connectivity index (χ0n) is 28.8. The summed E-state index contributed by atoms with van der Waals surface area (Å²) in [6.07, 6.45) is 9.64. The maximum absolute atomic E-state index is 11.9. The molecule has 0 aromatic rings. The average Bonchev–Trinajstić information content (AvgIpc) is 3.79. The molecular weight excluding hydrogens is 765 g/mol. The van der Waals surface area contributed by atoms with Crippen molar-refractivity contribution in [3.8, 4) is 0 Å². The molecule has 2 aliphatic rings. The molecule has 2 heterocycles. The second-order valence-corrected chi connectivity index (χ2v) is 17.2. The van der Waals surface area contributed by atoms with Crippen molar-refractivity contribution in [3.05, 3.63) is 20.2 Å². The van der Waals surface area contributed by atoms with Gasteiger partial charge >= 0.3 is 11.9 Å². The van der Waals surface area contributed by atoms with Crippen LogP contribution in [0.25, 0.3) is 0 Å². The molecule has 296 valence electrons. The average molecular weight is 815 g/mol. The zero-order valence-corrected chi connectivity index (χ0v) is 32.0. The molecule has 20 nitrogen and oxygen atoms in total. The van der Waals surface area contributed by atoms with Gasteiger partial charge in [0.2, 0.25) is 11.8 Å². The van der Waals surface area contributed by atoms with Crippen LogP contribution in [0.4, 0.5) is 0 Å². The monoisotopic (exact) mass is 814 g/mol. The predicted molar refractivity (Wildman–Crippen MR) is 205 cm³/mol. The van der Waals surface area contributed by atoms with Crippen LogP contribution in [0.3, 0.4) is 0 Å². The van der Waals surface area contributed by atoms with Gasteiger partial charge in [-0.05, 0) is 64.2 Å². The van der Waals surface area contributed by atoms with Gasteiger partial charge in [0.15, 0.2) is 10.1 Å². The Morgan fingerprint density at radius 2 is 1.08 bits per heavy atom. The van der Waals surface area contributed by atoms with Crippen LogP contribution in [-0.4, -0.2) is 103 Å². The Labute approximate surface area is 317 Å². The number of carboxylic acid groups (broad SMARTS) is 2. The van der Waals surface area contributed by atoms with E-state index in [0.29, 0.717) is 36.2 Å². The van der Waals surface area contributed by atoms with E-state index in [4.69, 9.17) is 11.5 Å². The Morgan fingerprint density at radius 3 is 1.38 bits per heavy atom. The van der Waals surface area contributed by atoms with Gasteiger partial charge < -0.3 is 32.3 Å². The lowest BCUT2D eigenvalue weighted by Gasteiger charge is -2.14. The minimum Gasteiger partial charge on any atom is -0.480 e. The molecule has 0 spiro atoms. The third kappa shape index (κ3) is 24.7. The number of unbranched alkanes of at least 4 members (excludes halogenated alkanes) is 2. The molecule has 0 bridgehead atoms. The van der Waals surface area contributed by atoms with Crippen LogP contribution in [0.5, 0.6) is 0 Å². The number of nitrogens with two attached hydrogens (primary N) is 2. The summed E-state index contributed by atoms with van der Waals surface area (Å²) < 4.78 is 0. The fourth-order valence-corrected chi connectivity index (χ4v) is 10.8. The van der Waals surface area contributed by atoms with Gasteiger partial charge in [-0.2, -0.15) is 0 Å². The van der Waals surface area contributed by atoms with Gasteiger partial charge in [0.1, 0.15) is 12.1 Å². The van der Waals surface area contributed by atoms with Crippen LogP contribution < -0.4 is 33.0 Å². The first-order valence-corrected chi connectivity index (χ1v) is 21.6. The predicted octanol–water partition coefficient (Wildman–Crippen LogP) is 2.29. The lowest BCUT2D eigenvalue weighted by atomic mass is 10.1. The number of carbonyl (C=O) groups is 4. The minimum absolute atomic E-state index is 0.128. The van der Waals surface area contributed by atoms with Crippen LogP contribution >= 0.6 is 43.2 Å². The molecule has 2 saturated heterocycles. The Hall–Kier alpha value is -3.38. The highest BCUT2D eigenvalue weighted by molar-refractivity contribution is 8.77. The number of aliphatic carboxylic acids is 2. The normalized spacial score (nSPS) is 18.3. The number of amides is 2. The van der Waals surface area contributed by atoms with Crippen molar-refractivity contribution in [2.45, 2.75) is 112 Å². The fraction of sp³-hybridized carbons (Fsp3) is 0.786. The van der Waals surface area contributed by atoms with Crippen molar-refractivity contribution in [2.75, 3.05) is 24.6 Å². The number of carbonyl (C=O) groups excluding carboxylic acids is 2. The summed E-state index contributed by atoms with van der Waals surface area (Å²) in [5.41, 5.74) is 13.9. The van der Waals surface area contributed by atoms with E-state index in [1.54, 1.807) is 10.9 Å². The number of guanidine groups is 2. The second kappa shape index (κ2) is 28.2. The van der Waals surface area contributed by atoms with E-state index in [-0.39, 0.29) is 49.7 Å². The van der Waals surface area contributed by atoms with Crippen LogP contribution in [0.1, 0.15) is 89.9 Å². The third-order valence-electron chi connectivity index (χ3n) is 7.36. The summed E-state index contributed by atoms with van der Waals surface area (Å²) in [5.74, 6) is -1.08. The van der Waals surface area contributed by atoms with E-state index < -0.39 is 34.1 Å².